The summed E-state index contributed by atoms with van der Waals surface area (Å²) in [6.45, 7) is 5.64. The number of rotatable bonds is 6. The maximum absolute atomic E-state index is 11.9. The van der Waals surface area contributed by atoms with E-state index in [1.807, 2.05) is 60.7 Å². The highest BCUT2D eigenvalue weighted by molar-refractivity contribution is 7.80. The molecule has 0 aliphatic carbocycles. The minimum absolute atomic E-state index is 0.186. The Morgan fingerprint density at radius 2 is 1.87 bits per heavy atom. The number of ether oxygens (including phenoxy) is 1. The first kappa shape index (κ1) is 25.8. The van der Waals surface area contributed by atoms with E-state index < -0.39 is 0 Å². The molecule has 0 unspecified atom stereocenters. The molecule has 1 saturated heterocycles. The first-order chi connectivity index (χ1) is 18.3. The summed E-state index contributed by atoms with van der Waals surface area (Å²) in [5.74, 6) is 0.380. The molecule has 5 rings (SSSR count). The number of methoxy groups -OCH3 is 1. The molecule has 2 N–H and O–H groups in total. The first-order valence-electron chi connectivity index (χ1n) is 12.2. The van der Waals surface area contributed by atoms with Crippen LogP contribution in [0.5, 0.6) is 5.75 Å². The molecule has 4 aromatic rings. The normalized spacial score (nSPS) is 16.9. The number of aryl methyl sites for hydroxylation is 1. The predicted octanol–water partition coefficient (Wildman–Crippen LogP) is 6.29. The summed E-state index contributed by atoms with van der Waals surface area (Å²) in [5, 5.41) is 7.61. The van der Waals surface area contributed by atoms with Crippen LogP contribution in [0.2, 0.25) is 5.02 Å². The number of thiocarbonyl (C=S) groups is 1. The molecule has 2 aromatic heterocycles. The summed E-state index contributed by atoms with van der Waals surface area (Å²) in [4.78, 5) is 18.7. The smallest absolute Gasteiger partial charge is 0.221 e. The third-order valence-corrected chi connectivity index (χ3v) is 7.39. The maximum Gasteiger partial charge on any atom is 0.221 e. The van der Waals surface area contributed by atoms with Crippen LogP contribution < -0.4 is 20.3 Å². The van der Waals surface area contributed by atoms with E-state index in [1.54, 1.807) is 13.3 Å². The zero-order chi connectivity index (χ0) is 27.0. The van der Waals surface area contributed by atoms with Gasteiger partial charge in [-0.15, -0.1) is 0 Å². The van der Waals surface area contributed by atoms with E-state index in [-0.39, 0.29) is 18.0 Å². The molecule has 2 aromatic carbocycles. The van der Waals surface area contributed by atoms with Crippen molar-refractivity contribution in [3.05, 3.63) is 101 Å². The van der Waals surface area contributed by atoms with E-state index in [0.29, 0.717) is 21.6 Å². The van der Waals surface area contributed by atoms with Gasteiger partial charge >= 0.3 is 0 Å². The molecule has 9 heteroatoms. The predicted molar refractivity (Wildman–Crippen MR) is 155 cm³/mol. The van der Waals surface area contributed by atoms with E-state index in [1.165, 1.54) is 6.92 Å². The Balaban J connectivity index is 1.69. The summed E-state index contributed by atoms with van der Waals surface area (Å²) < 4.78 is 7.65. The molecule has 0 bridgehead atoms. The zero-order valence-electron chi connectivity index (χ0n) is 21.5. The number of carbonyl (C=O) groups excluding carboxylic acids is 1. The number of aromatic nitrogens is 2. The fourth-order valence-corrected chi connectivity index (χ4v) is 5.74. The van der Waals surface area contributed by atoms with Gasteiger partial charge in [-0.05, 0) is 80.2 Å². The number of hydrogen-bond donors (Lipinski definition) is 2. The summed E-state index contributed by atoms with van der Waals surface area (Å²) in [7, 11) is 1.58. The second-order valence-corrected chi connectivity index (χ2v) is 9.97. The van der Waals surface area contributed by atoms with Gasteiger partial charge in [0.25, 0.3) is 0 Å². The topological polar surface area (TPSA) is 71.4 Å². The second-order valence-electron chi connectivity index (χ2n) is 9.18. The van der Waals surface area contributed by atoms with E-state index in [2.05, 4.69) is 45.0 Å². The van der Waals surface area contributed by atoms with Crippen molar-refractivity contribution in [1.29, 1.82) is 0 Å². The lowest BCUT2D eigenvalue weighted by molar-refractivity contribution is -0.114. The number of amides is 1. The Hall–Kier alpha value is -3.88. The van der Waals surface area contributed by atoms with Gasteiger partial charge in [0, 0.05) is 30.2 Å². The number of pyridine rings is 1. The van der Waals surface area contributed by atoms with E-state index >= 15 is 0 Å². The third-order valence-electron chi connectivity index (χ3n) is 6.75. The highest BCUT2D eigenvalue weighted by atomic mass is 35.5. The first-order valence-corrected chi connectivity index (χ1v) is 13.0. The van der Waals surface area contributed by atoms with E-state index in [9.17, 15) is 4.79 Å². The second kappa shape index (κ2) is 10.5. The molecule has 1 aliphatic heterocycles. The van der Waals surface area contributed by atoms with Crippen LogP contribution in [-0.2, 0) is 4.79 Å². The van der Waals surface area contributed by atoms with E-state index in [0.717, 1.165) is 34.0 Å². The van der Waals surface area contributed by atoms with Crippen molar-refractivity contribution >= 4 is 46.2 Å². The van der Waals surface area contributed by atoms with Crippen molar-refractivity contribution in [2.24, 2.45) is 0 Å². The molecule has 1 fully saturated rings. The minimum Gasteiger partial charge on any atom is -0.495 e. The van der Waals surface area contributed by atoms with Crippen molar-refractivity contribution in [3.63, 3.8) is 0 Å². The third kappa shape index (κ3) is 4.61. The summed E-state index contributed by atoms with van der Waals surface area (Å²) in [6.07, 6.45) is 1.79. The van der Waals surface area contributed by atoms with Gasteiger partial charge in [-0.2, -0.15) is 0 Å². The van der Waals surface area contributed by atoms with Crippen molar-refractivity contribution < 1.29 is 9.53 Å². The number of para-hydroxylation sites is 1. The number of nitrogens with one attached hydrogen (secondary N) is 2. The number of hydrogen-bond acceptors (Lipinski definition) is 4. The molecular formula is C29H28ClN5O2S. The Morgan fingerprint density at radius 3 is 2.55 bits per heavy atom. The van der Waals surface area contributed by atoms with Gasteiger partial charge < -0.3 is 24.8 Å². The van der Waals surface area contributed by atoms with E-state index in [4.69, 9.17) is 28.6 Å². The van der Waals surface area contributed by atoms with Crippen molar-refractivity contribution in [1.82, 2.24) is 14.9 Å². The van der Waals surface area contributed by atoms with Crippen LogP contribution in [0.15, 0.2) is 72.9 Å². The molecule has 0 spiro atoms. The van der Waals surface area contributed by atoms with Crippen molar-refractivity contribution in [2.75, 3.05) is 17.3 Å². The summed E-state index contributed by atoms with van der Waals surface area (Å²) >= 11 is 12.5. The van der Waals surface area contributed by atoms with Crippen molar-refractivity contribution in [3.8, 4) is 11.4 Å². The van der Waals surface area contributed by atoms with Crippen LogP contribution >= 0.6 is 23.8 Å². The van der Waals surface area contributed by atoms with Crippen molar-refractivity contribution in [2.45, 2.75) is 32.9 Å². The Kier molecular flexibility index (Phi) is 7.10. The van der Waals surface area contributed by atoms with Gasteiger partial charge in [0.1, 0.15) is 5.75 Å². The number of benzene rings is 2. The van der Waals surface area contributed by atoms with Gasteiger partial charge in [0.15, 0.2) is 5.11 Å². The molecule has 1 amide bonds. The zero-order valence-corrected chi connectivity index (χ0v) is 23.1. The summed E-state index contributed by atoms with van der Waals surface area (Å²) in [5.41, 5.74) is 6.37. The van der Waals surface area contributed by atoms with Gasteiger partial charge in [0.05, 0.1) is 41.3 Å². The Labute approximate surface area is 232 Å². The molecular weight excluding hydrogens is 518 g/mol. The molecule has 1 aliphatic rings. The van der Waals surface area contributed by atoms with Crippen LogP contribution in [0.3, 0.4) is 0 Å². The minimum atomic E-state index is -0.224. The van der Waals surface area contributed by atoms with Crippen LogP contribution in [0.1, 0.15) is 41.7 Å². The molecule has 0 radical (unpaired) electrons. The SMILES string of the molecule is COc1ccc(N2C(=S)N[C@H](c3ccccn3)[C@@H]2c2cc(C)n(-c3ccccc3Cl)c2C)cc1NC(C)=O. The lowest BCUT2D eigenvalue weighted by Crippen LogP contribution is -2.29. The number of anilines is 2. The largest absolute Gasteiger partial charge is 0.495 e. The van der Waals surface area contributed by atoms with Crippen LogP contribution in [0, 0.1) is 13.8 Å². The number of halogens is 1. The van der Waals surface area contributed by atoms with Gasteiger partial charge in [-0.25, -0.2) is 0 Å². The van der Waals surface area contributed by atoms with Crippen LogP contribution in [0.4, 0.5) is 11.4 Å². The van der Waals surface area contributed by atoms with Gasteiger partial charge in [-0.1, -0.05) is 29.8 Å². The fraction of sp³-hybridized carbons (Fsp3) is 0.207. The fourth-order valence-electron chi connectivity index (χ4n) is 5.17. The average Bonchev–Trinajstić information content (AvgIpc) is 3.39. The molecule has 194 valence electrons. The number of carbonyl (C=O) groups is 1. The quantitative estimate of drug-likeness (QED) is 0.278. The van der Waals surface area contributed by atoms with Crippen LogP contribution in [0.25, 0.3) is 5.69 Å². The van der Waals surface area contributed by atoms with Gasteiger partial charge in [-0.3, -0.25) is 9.78 Å². The molecule has 7 nitrogen and oxygen atoms in total. The Bertz CT molecular complexity index is 1520. The summed E-state index contributed by atoms with van der Waals surface area (Å²) in [6, 6.07) is 21.1. The van der Waals surface area contributed by atoms with Gasteiger partial charge in [0.2, 0.25) is 5.91 Å². The Morgan fingerprint density at radius 1 is 1.11 bits per heavy atom. The molecule has 0 saturated carbocycles. The highest BCUT2D eigenvalue weighted by Crippen LogP contribution is 2.45. The lowest BCUT2D eigenvalue weighted by Gasteiger charge is -2.29. The molecule has 38 heavy (non-hydrogen) atoms. The standard InChI is InChI=1S/C29H28ClN5O2S/c1-17-15-21(18(2)34(17)25-11-6-5-9-22(25)30)28-27(23-10-7-8-14-31-23)33-29(38)35(28)20-12-13-26(37-4)24(16-20)32-19(3)36/h5-16,27-28H,1-4H3,(H,32,36)(H,33,38)/t27-,28+/m1/s1. The van der Waals surface area contributed by atoms with Crippen LogP contribution in [-0.4, -0.2) is 27.7 Å². The average molecular weight is 546 g/mol. The molecule has 2 atom stereocenters. The highest BCUT2D eigenvalue weighted by Gasteiger charge is 2.42. The monoisotopic (exact) mass is 545 g/mol. The maximum atomic E-state index is 11.9. The number of nitrogens with zero attached hydrogens (tertiary/aromatic N) is 3. The molecule has 3 heterocycles. The lowest BCUT2D eigenvalue weighted by atomic mass is 9.96.